The highest BCUT2D eigenvalue weighted by Gasteiger charge is 2.41. The number of carbonyl (C=O) groups excluding carboxylic acids is 1. The van der Waals surface area contributed by atoms with Crippen molar-refractivity contribution in [2.45, 2.75) is 57.3 Å². The van der Waals surface area contributed by atoms with Crippen molar-refractivity contribution in [1.82, 2.24) is 10.2 Å². The molecule has 1 atom stereocenters. The minimum Gasteiger partial charge on any atom is -0.347 e. The van der Waals surface area contributed by atoms with Gasteiger partial charge in [-0.2, -0.15) is 0 Å². The van der Waals surface area contributed by atoms with E-state index in [1.165, 1.54) is 25.7 Å². The standard InChI is InChI=1S/C14H26N2O3/c1-3-16(2)13(17)15-10-12-11-18-14(19-12)8-6-4-5-7-9-14/h12H,3-11H2,1-2H3,(H,15,17)/t12-/m0/s1. The molecule has 1 spiro atoms. The molecule has 5 heteroatoms. The number of hydrogen-bond donors (Lipinski definition) is 1. The van der Waals surface area contributed by atoms with Crippen molar-refractivity contribution in [3.05, 3.63) is 0 Å². The first kappa shape index (κ1) is 14.6. The predicted molar refractivity (Wildman–Crippen MR) is 73.0 cm³/mol. The van der Waals surface area contributed by atoms with Gasteiger partial charge in [-0.3, -0.25) is 0 Å². The highest BCUT2D eigenvalue weighted by atomic mass is 16.7. The van der Waals surface area contributed by atoms with Crippen molar-refractivity contribution in [2.24, 2.45) is 0 Å². The Kier molecular flexibility index (Phi) is 5.05. The van der Waals surface area contributed by atoms with Crippen LogP contribution < -0.4 is 5.32 Å². The van der Waals surface area contributed by atoms with Gasteiger partial charge in [-0.1, -0.05) is 12.8 Å². The number of carbonyl (C=O) groups is 1. The average Bonchev–Trinajstić information content (AvgIpc) is 2.67. The number of rotatable bonds is 3. The van der Waals surface area contributed by atoms with Crippen LogP contribution in [0, 0.1) is 0 Å². The van der Waals surface area contributed by atoms with Gasteiger partial charge in [0.2, 0.25) is 0 Å². The van der Waals surface area contributed by atoms with Gasteiger partial charge in [0.25, 0.3) is 0 Å². The maximum absolute atomic E-state index is 11.7. The van der Waals surface area contributed by atoms with Crippen molar-refractivity contribution >= 4 is 6.03 Å². The fourth-order valence-electron chi connectivity index (χ4n) is 2.73. The van der Waals surface area contributed by atoms with E-state index >= 15 is 0 Å². The van der Waals surface area contributed by atoms with E-state index in [-0.39, 0.29) is 17.9 Å². The molecule has 110 valence electrons. The zero-order valence-corrected chi connectivity index (χ0v) is 12.1. The normalized spacial score (nSPS) is 26.1. The van der Waals surface area contributed by atoms with E-state index in [1.54, 1.807) is 11.9 Å². The topological polar surface area (TPSA) is 50.8 Å². The van der Waals surface area contributed by atoms with Crippen molar-refractivity contribution in [3.63, 3.8) is 0 Å². The van der Waals surface area contributed by atoms with Gasteiger partial charge >= 0.3 is 6.03 Å². The molecular formula is C14H26N2O3. The Morgan fingerprint density at radius 3 is 2.63 bits per heavy atom. The summed E-state index contributed by atoms with van der Waals surface area (Å²) < 4.78 is 12.0. The minimum absolute atomic E-state index is 0.00712. The Labute approximate surface area is 115 Å². The Hall–Kier alpha value is -0.810. The Morgan fingerprint density at radius 2 is 2.00 bits per heavy atom. The van der Waals surface area contributed by atoms with E-state index in [1.807, 2.05) is 6.92 Å². The molecule has 1 saturated carbocycles. The molecule has 2 amide bonds. The van der Waals surface area contributed by atoms with E-state index in [0.29, 0.717) is 19.7 Å². The maximum Gasteiger partial charge on any atom is 0.317 e. The average molecular weight is 270 g/mol. The lowest BCUT2D eigenvalue weighted by atomic mass is 10.1. The monoisotopic (exact) mass is 270 g/mol. The van der Waals surface area contributed by atoms with Gasteiger partial charge in [0.05, 0.1) is 6.61 Å². The van der Waals surface area contributed by atoms with Crippen LogP contribution in [0.15, 0.2) is 0 Å². The quantitative estimate of drug-likeness (QED) is 0.854. The Balaban J connectivity index is 1.77. The zero-order valence-electron chi connectivity index (χ0n) is 12.1. The van der Waals surface area contributed by atoms with E-state index in [2.05, 4.69) is 5.32 Å². The second-order valence-corrected chi connectivity index (χ2v) is 5.58. The van der Waals surface area contributed by atoms with Crippen LogP contribution in [0.1, 0.15) is 45.4 Å². The van der Waals surface area contributed by atoms with E-state index < -0.39 is 0 Å². The third kappa shape index (κ3) is 3.83. The second kappa shape index (κ2) is 6.57. The molecule has 0 bridgehead atoms. The van der Waals surface area contributed by atoms with Crippen molar-refractivity contribution in [3.8, 4) is 0 Å². The molecule has 0 aromatic rings. The summed E-state index contributed by atoms with van der Waals surface area (Å²) >= 11 is 0. The van der Waals surface area contributed by atoms with Crippen LogP contribution in [0.3, 0.4) is 0 Å². The maximum atomic E-state index is 11.7. The molecule has 1 saturated heterocycles. The van der Waals surface area contributed by atoms with Crippen LogP contribution in [-0.4, -0.2) is 49.6 Å². The molecule has 2 aliphatic rings. The Morgan fingerprint density at radius 1 is 1.32 bits per heavy atom. The number of nitrogens with one attached hydrogen (secondary N) is 1. The molecule has 2 rings (SSSR count). The van der Waals surface area contributed by atoms with Crippen LogP contribution in [0.4, 0.5) is 4.79 Å². The molecule has 1 aliphatic carbocycles. The molecule has 0 radical (unpaired) electrons. The number of urea groups is 1. The summed E-state index contributed by atoms with van der Waals surface area (Å²) in [6.45, 7) is 3.79. The summed E-state index contributed by atoms with van der Waals surface area (Å²) in [5, 5.41) is 2.89. The molecule has 5 nitrogen and oxygen atoms in total. The summed E-state index contributed by atoms with van der Waals surface area (Å²) in [5.74, 6) is -0.359. The van der Waals surface area contributed by atoms with Crippen LogP contribution >= 0.6 is 0 Å². The highest BCUT2D eigenvalue weighted by Crippen LogP contribution is 2.36. The summed E-state index contributed by atoms with van der Waals surface area (Å²) in [6, 6.07) is -0.0482. The van der Waals surface area contributed by atoms with Gasteiger partial charge in [0.1, 0.15) is 6.10 Å². The summed E-state index contributed by atoms with van der Waals surface area (Å²) in [6.07, 6.45) is 6.88. The summed E-state index contributed by atoms with van der Waals surface area (Å²) in [5.41, 5.74) is 0. The SMILES string of the molecule is CCN(C)C(=O)NC[C@H]1COC2(CCCCCC2)O1. The van der Waals surface area contributed by atoms with E-state index in [4.69, 9.17) is 9.47 Å². The fourth-order valence-corrected chi connectivity index (χ4v) is 2.73. The van der Waals surface area contributed by atoms with Gasteiger partial charge in [-0.15, -0.1) is 0 Å². The lowest BCUT2D eigenvalue weighted by Crippen LogP contribution is -2.42. The Bertz CT molecular complexity index is 301. The van der Waals surface area contributed by atoms with Crippen LogP contribution in [0.5, 0.6) is 0 Å². The smallest absolute Gasteiger partial charge is 0.317 e. The summed E-state index contributed by atoms with van der Waals surface area (Å²) in [7, 11) is 1.79. The first-order valence-corrected chi connectivity index (χ1v) is 7.46. The van der Waals surface area contributed by atoms with Crippen LogP contribution in [-0.2, 0) is 9.47 Å². The third-order valence-electron chi connectivity index (χ3n) is 4.08. The molecule has 1 N–H and O–H groups in total. The lowest BCUT2D eigenvalue weighted by Gasteiger charge is -2.26. The number of amides is 2. The van der Waals surface area contributed by atoms with Gasteiger partial charge in [0, 0.05) is 33.0 Å². The third-order valence-corrected chi connectivity index (χ3v) is 4.08. The minimum atomic E-state index is -0.359. The highest BCUT2D eigenvalue weighted by molar-refractivity contribution is 5.73. The summed E-state index contributed by atoms with van der Waals surface area (Å²) in [4.78, 5) is 13.3. The predicted octanol–water partition coefficient (Wildman–Crippen LogP) is 2.11. The number of nitrogens with zero attached hydrogens (tertiary/aromatic N) is 1. The van der Waals surface area contributed by atoms with Crippen molar-refractivity contribution in [2.75, 3.05) is 26.7 Å². The molecule has 1 heterocycles. The lowest BCUT2D eigenvalue weighted by molar-refractivity contribution is -0.175. The first-order chi connectivity index (χ1) is 9.15. The van der Waals surface area contributed by atoms with Crippen molar-refractivity contribution in [1.29, 1.82) is 0 Å². The van der Waals surface area contributed by atoms with Crippen LogP contribution in [0.25, 0.3) is 0 Å². The van der Waals surface area contributed by atoms with Crippen LogP contribution in [0.2, 0.25) is 0 Å². The molecule has 0 aromatic carbocycles. The zero-order chi connectivity index (χ0) is 13.7. The molecule has 2 fully saturated rings. The van der Waals surface area contributed by atoms with E-state index in [0.717, 1.165) is 12.8 Å². The molecule has 0 unspecified atom stereocenters. The molecule has 19 heavy (non-hydrogen) atoms. The van der Waals surface area contributed by atoms with Gasteiger partial charge in [-0.05, 0) is 19.8 Å². The number of hydrogen-bond acceptors (Lipinski definition) is 3. The fraction of sp³-hybridized carbons (Fsp3) is 0.929. The van der Waals surface area contributed by atoms with Gasteiger partial charge in [0.15, 0.2) is 5.79 Å². The molecule has 0 aromatic heterocycles. The second-order valence-electron chi connectivity index (χ2n) is 5.58. The largest absolute Gasteiger partial charge is 0.347 e. The first-order valence-electron chi connectivity index (χ1n) is 7.46. The van der Waals surface area contributed by atoms with Crippen molar-refractivity contribution < 1.29 is 14.3 Å². The van der Waals surface area contributed by atoms with Gasteiger partial charge in [-0.25, -0.2) is 4.79 Å². The molecular weight excluding hydrogens is 244 g/mol. The van der Waals surface area contributed by atoms with Gasteiger partial charge < -0.3 is 19.7 Å². The van der Waals surface area contributed by atoms with E-state index in [9.17, 15) is 4.79 Å². The molecule has 1 aliphatic heterocycles. The number of ether oxygens (including phenoxy) is 2.